The van der Waals surface area contributed by atoms with Gasteiger partial charge in [0.05, 0.1) is 5.69 Å². The van der Waals surface area contributed by atoms with Crippen LogP contribution < -0.4 is 0 Å². The number of carbonyl (C=O) groups excluding carboxylic acids is 1. The van der Waals surface area contributed by atoms with E-state index in [4.69, 9.17) is 0 Å². The van der Waals surface area contributed by atoms with Crippen molar-refractivity contribution >= 4 is 5.78 Å². The molecule has 0 radical (unpaired) electrons. The predicted octanol–water partition coefficient (Wildman–Crippen LogP) is 4.54. The number of aromatic nitrogens is 2. The Morgan fingerprint density at radius 2 is 1.67 bits per heavy atom. The first-order valence-electron chi connectivity index (χ1n) is 8.05. The van der Waals surface area contributed by atoms with Crippen molar-refractivity contribution < 1.29 is 9.90 Å². The second-order valence-corrected chi connectivity index (χ2v) is 5.30. The molecule has 1 heterocycles. The fourth-order valence-electron chi connectivity index (χ4n) is 2.23. The maximum absolute atomic E-state index is 12.3. The van der Waals surface area contributed by atoms with E-state index in [9.17, 15) is 9.90 Å². The summed E-state index contributed by atoms with van der Waals surface area (Å²) in [6.45, 7) is 6.02. The lowest BCUT2D eigenvalue weighted by Gasteiger charge is -1.99. The SMILES string of the molecule is CC.Cc1ccc(CC(=O)c2cc(-c3ccc(O)cc3)n[nH]2)cc1. The number of aromatic amines is 1. The summed E-state index contributed by atoms with van der Waals surface area (Å²) in [6.07, 6.45) is 0.345. The molecule has 0 saturated heterocycles. The molecule has 0 saturated carbocycles. The first-order valence-corrected chi connectivity index (χ1v) is 8.05. The Morgan fingerprint density at radius 1 is 1.04 bits per heavy atom. The number of ketones is 1. The molecule has 0 unspecified atom stereocenters. The fraction of sp³-hybridized carbons (Fsp3) is 0.200. The van der Waals surface area contributed by atoms with Crippen molar-refractivity contribution in [2.75, 3.05) is 0 Å². The summed E-state index contributed by atoms with van der Waals surface area (Å²) < 4.78 is 0. The standard InChI is InChI=1S/C18H16N2O2.C2H6/c1-12-2-4-13(5-3-12)10-18(22)17-11-16(19-20-17)14-6-8-15(21)9-7-14;1-2/h2-9,11,21H,10H2,1H3,(H,19,20);1-2H3. The van der Waals surface area contributed by atoms with Gasteiger partial charge in [0.2, 0.25) is 0 Å². The highest BCUT2D eigenvalue weighted by atomic mass is 16.3. The van der Waals surface area contributed by atoms with Gasteiger partial charge in [-0.3, -0.25) is 9.89 Å². The van der Waals surface area contributed by atoms with E-state index in [2.05, 4.69) is 10.2 Å². The zero-order valence-corrected chi connectivity index (χ0v) is 14.2. The number of aryl methyl sites for hydroxylation is 1. The smallest absolute Gasteiger partial charge is 0.184 e. The van der Waals surface area contributed by atoms with Crippen molar-refractivity contribution in [1.29, 1.82) is 0 Å². The Labute approximate surface area is 142 Å². The lowest BCUT2D eigenvalue weighted by atomic mass is 10.0. The van der Waals surface area contributed by atoms with Crippen molar-refractivity contribution in [2.45, 2.75) is 27.2 Å². The number of nitrogens with zero attached hydrogens (tertiary/aromatic N) is 1. The lowest BCUT2D eigenvalue weighted by Crippen LogP contribution is -2.03. The molecule has 3 aromatic rings. The second kappa shape index (κ2) is 8.11. The maximum Gasteiger partial charge on any atom is 0.184 e. The molecule has 4 nitrogen and oxygen atoms in total. The molecule has 2 N–H and O–H groups in total. The third kappa shape index (κ3) is 4.32. The third-order valence-electron chi connectivity index (χ3n) is 3.53. The van der Waals surface area contributed by atoms with Crippen LogP contribution in [0.4, 0.5) is 0 Å². The average Bonchev–Trinajstić information content (AvgIpc) is 3.10. The topological polar surface area (TPSA) is 66.0 Å². The van der Waals surface area contributed by atoms with Gasteiger partial charge in [0.25, 0.3) is 0 Å². The van der Waals surface area contributed by atoms with Gasteiger partial charge < -0.3 is 5.11 Å². The van der Waals surface area contributed by atoms with Crippen LogP contribution in [0.15, 0.2) is 54.6 Å². The molecule has 4 heteroatoms. The number of carbonyl (C=O) groups is 1. The molecule has 0 aliphatic rings. The Morgan fingerprint density at radius 3 is 2.29 bits per heavy atom. The summed E-state index contributed by atoms with van der Waals surface area (Å²) in [5.74, 6) is 0.205. The minimum atomic E-state index is 0.00128. The van der Waals surface area contributed by atoms with Crippen LogP contribution in [0.25, 0.3) is 11.3 Å². The number of hydrogen-bond acceptors (Lipinski definition) is 3. The highest BCUT2D eigenvalue weighted by Crippen LogP contribution is 2.21. The van der Waals surface area contributed by atoms with Gasteiger partial charge in [-0.2, -0.15) is 5.10 Å². The minimum Gasteiger partial charge on any atom is -0.508 e. The number of phenols is 1. The fourth-order valence-corrected chi connectivity index (χ4v) is 2.23. The van der Waals surface area contributed by atoms with Gasteiger partial charge >= 0.3 is 0 Å². The Balaban J connectivity index is 0.00000100. The lowest BCUT2D eigenvalue weighted by molar-refractivity contribution is 0.0988. The average molecular weight is 322 g/mol. The Kier molecular flexibility index (Phi) is 5.90. The molecule has 2 aromatic carbocycles. The quantitative estimate of drug-likeness (QED) is 0.693. The molecule has 0 spiro atoms. The normalized spacial score (nSPS) is 9.96. The van der Waals surface area contributed by atoms with Crippen LogP contribution in [0.1, 0.15) is 35.5 Å². The van der Waals surface area contributed by atoms with E-state index in [0.29, 0.717) is 17.8 Å². The van der Waals surface area contributed by atoms with Crippen LogP contribution >= 0.6 is 0 Å². The summed E-state index contributed by atoms with van der Waals surface area (Å²) in [4.78, 5) is 12.3. The number of rotatable bonds is 4. The highest BCUT2D eigenvalue weighted by Gasteiger charge is 2.12. The van der Waals surface area contributed by atoms with Crippen LogP contribution in [-0.4, -0.2) is 21.1 Å². The predicted molar refractivity (Wildman–Crippen MR) is 96.3 cm³/mol. The van der Waals surface area contributed by atoms with E-state index in [1.54, 1.807) is 30.3 Å². The monoisotopic (exact) mass is 322 g/mol. The third-order valence-corrected chi connectivity index (χ3v) is 3.53. The van der Waals surface area contributed by atoms with Gasteiger partial charge in [-0.15, -0.1) is 0 Å². The van der Waals surface area contributed by atoms with Crippen LogP contribution in [0.2, 0.25) is 0 Å². The summed E-state index contributed by atoms with van der Waals surface area (Å²) in [6, 6.07) is 16.4. The van der Waals surface area contributed by atoms with E-state index < -0.39 is 0 Å². The van der Waals surface area contributed by atoms with Gasteiger partial charge in [-0.1, -0.05) is 43.7 Å². The number of benzene rings is 2. The first-order chi connectivity index (χ1) is 11.6. The molecule has 124 valence electrons. The number of H-pyrrole nitrogens is 1. The Hall–Kier alpha value is -2.88. The molecule has 0 aliphatic carbocycles. The number of Topliss-reactive ketones (excluding diaryl/α,β-unsaturated/α-hetero) is 1. The molecule has 0 aliphatic heterocycles. The molecule has 24 heavy (non-hydrogen) atoms. The van der Waals surface area contributed by atoms with Gasteiger partial charge in [0.1, 0.15) is 11.4 Å². The van der Waals surface area contributed by atoms with Crippen molar-refractivity contribution in [3.63, 3.8) is 0 Å². The molecule has 0 bridgehead atoms. The van der Waals surface area contributed by atoms with E-state index >= 15 is 0 Å². The van der Waals surface area contributed by atoms with Gasteiger partial charge in [-0.25, -0.2) is 0 Å². The van der Waals surface area contributed by atoms with E-state index in [1.165, 1.54) is 5.56 Å². The van der Waals surface area contributed by atoms with Gasteiger partial charge in [0, 0.05) is 12.0 Å². The summed E-state index contributed by atoms with van der Waals surface area (Å²) in [5.41, 5.74) is 4.18. The molecule has 3 rings (SSSR count). The molecular weight excluding hydrogens is 300 g/mol. The number of aromatic hydroxyl groups is 1. The molecular formula is C20H22N2O2. The van der Waals surface area contributed by atoms with Crippen LogP contribution in [0, 0.1) is 6.92 Å². The number of nitrogens with one attached hydrogen (secondary N) is 1. The molecule has 0 atom stereocenters. The second-order valence-electron chi connectivity index (χ2n) is 5.30. The van der Waals surface area contributed by atoms with Crippen molar-refractivity contribution in [1.82, 2.24) is 10.2 Å². The Bertz CT molecular complexity index is 787. The van der Waals surface area contributed by atoms with Crippen LogP contribution in [0.5, 0.6) is 5.75 Å². The molecule has 1 aromatic heterocycles. The van der Waals surface area contributed by atoms with Crippen molar-refractivity contribution in [2.24, 2.45) is 0 Å². The van der Waals surface area contributed by atoms with E-state index in [0.717, 1.165) is 11.1 Å². The van der Waals surface area contributed by atoms with E-state index in [1.807, 2.05) is 45.0 Å². The number of phenolic OH excluding ortho intramolecular Hbond substituents is 1. The van der Waals surface area contributed by atoms with Crippen molar-refractivity contribution in [3.05, 3.63) is 71.4 Å². The molecule has 0 amide bonds. The summed E-state index contributed by atoms with van der Waals surface area (Å²) in [5, 5.41) is 16.3. The zero-order chi connectivity index (χ0) is 17.5. The van der Waals surface area contributed by atoms with Crippen LogP contribution in [-0.2, 0) is 6.42 Å². The summed E-state index contributed by atoms with van der Waals surface area (Å²) in [7, 11) is 0. The molecule has 0 fully saturated rings. The number of hydrogen-bond donors (Lipinski definition) is 2. The summed E-state index contributed by atoms with van der Waals surface area (Å²) >= 11 is 0. The highest BCUT2D eigenvalue weighted by molar-refractivity contribution is 5.96. The minimum absolute atomic E-state index is 0.00128. The van der Waals surface area contributed by atoms with Crippen LogP contribution in [0.3, 0.4) is 0 Å². The van der Waals surface area contributed by atoms with Gasteiger partial charge in [-0.05, 0) is 42.8 Å². The zero-order valence-electron chi connectivity index (χ0n) is 14.2. The van der Waals surface area contributed by atoms with Crippen molar-refractivity contribution in [3.8, 4) is 17.0 Å². The largest absolute Gasteiger partial charge is 0.508 e. The van der Waals surface area contributed by atoms with Gasteiger partial charge in [0.15, 0.2) is 5.78 Å². The maximum atomic E-state index is 12.3. The van der Waals surface area contributed by atoms with E-state index in [-0.39, 0.29) is 11.5 Å². The first kappa shape index (κ1) is 17.5.